The molecule has 146 valence electrons. The van der Waals surface area contributed by atoms with Gasteiger partial charge in [0.1, 0.15) is 17.2 Å². The number of carbonyl (C=O) groups is 1. The smallest absolute Gasteiger partial charge is 0.346 e. The molecule has 3 heterocycles. The number of halogens is 3. The van der Waals surface area contributed by atoms with Gasteiger partial charge < -0.3 is 9.80 Å². The average Bonchev–Trinajstić information content (AvgIpc) is 2.84. The van der Waals surface area contributed by atoms with Crippen molar-refractivity contribution >= 4 is 17.6 Å². The number of hydrogen-bond donors (Lipinski definition) is 0. The Kier molecular flexibility index (Phi) is 4.21. The summed E-state index contributed by atoms with van der Waals surface area (Å²) in [5, 5.41) is 0. The molecule has 0 unspecified atom stereocenters. The molecule has 4 rings (SSSR count). The van der Waals surface area contributed by atoms with Gasteiger partial charge in [0.25, 0.3) is 5.92 Å². The molecule has 0 bridgehead atoms. The largest absolute Gasteiger partial charge is 0.350 e. The fraction of sp³-hybridized carbons (Fsp3) is 0.579. The van der Waals surface area contributed by atoms with Crippen LogP contribution in [0.2, 0.25) is 0 Å². The first kappa shape index (κ1) is 18.3. The standard InChI is InChI=1S/C19H23F3N4O/c1-3-24-8-7-18(10-13(24)2)16(25-11-19(21,22)12-25)23-17(27)26(18)15-6-4-5-14(20)9-15/h4-6,9,13H,3,7-8,10-12H2,1-2H3/t13-,18+/m0/s1. The first-order valence-corrected chi connectivity index (χ1v) is 9.31. The van der Waals surface area contributed by atoms with Crippen LogP contribution in [-0.2, 0) is 0 Å². The summed E-state index contributed by atoms with van der Waals surface area (Å²) in [7, 11) is 0. The summed E-state index contributed by atoms with van der Waals surface area (Å²) < 4.78 is 40.9. The Bertz CT molecular complexity index is 791. The van der Waals surface area contributed by atoms with Crippen molar-refractivity contribution in [3.8, 4) is 0 Å². The van der Waals surface area contributed by atoms with Crippen molar-refractivity contribution in [1.82, 2.24) is 9.80 Å². The lowest BCUT2D eigenvalue weighted by Gasteiger charge is -2.52. The highest BCUT2D eigenvalue weighted by Crippen LogP contribution is 2.44. The quantitative estimate of drug-likeness (QED) is 0.790. The number of urea groups is 1. The molecule has 1 aromatic rings. The van der Waals surface area contributed by atoms with E-state index in [0.717, 1.165) is 13.1 Å². The van der Waals surface area contributed by atoms with Crippen LogP contribution in [0.4, 0.5) is 23.7 Å². The van der Waals surface area contributed by atoms with E-state index in [4.69, 9.17) is 0 Å². The van der Waals surface area contributed by atoms with Crippen LogP contribution in [0.1, 0.15) is 26.7 Å². The number of amides is 2. The van der Waals surface area contributed by atoms with Crippen molar-refractivity contribution in [3.05, 3.63) is 30.1 Å². The average molecular weight is 380 g/mol. The molecular formula is C19H23F3N4O. The van der Waals surface area contributed by atoms with Gasteiger partial charge in [0, 0.05) is 18.3 Å². The van der Waals surface area contributed by atoms with Crippen molar-refractivity contribution in [3.63, 3.8) is 0 Å². The molecule has 8 heteroatoms. The van der Waals surface area contributed by atoms with Crippen LogP contribution in [0.5, 0.6) is 0 Å². The molecule has 1 spiro atoms. The van der Waals surface area contributed by atoms with Crippen LogP contribution in [-0.4, -0.2) is 65.3 Å². The molecular weight excluding hydrogens is 357 g/mol. The normalized spacial score (nSPS) is 30.6. The van der Waals surface area contributed by atoms with Crippen molar-refractivity contribution in [2.75, 3.05) is 31.1 Å². The highest BCUT2D eigenvalue weighted by atomic mass is 19.3. The summed E-state index contributed by atoms with van der Waals surface area (Å²) in [6.07, 6.45) is 1.15. The molecule has 2 atom stereocenters. The van der Waals surface area contributed by atoms with Crippen LogP contribution in [0.3, 0.4) is 0 Å². The summed E-state index contributed by atoms with van der Waals surface area (Å²) in [4.78, 5) is 22.3. The van der Waals surface area contributed by atoms with Crippen LogP contribution in [0.25, 0.3) is 0 Å². The molecule has 27 heavy (non-hydrogen) atoms. The molecule has 0 aromatic heterocycles. The summed E-state index contributed by atoms with van der Waals surface area (Å²) in [6, 6.07) is 5.48. The first-order valence-electron chi connectivity index (χ1n) is 9.31. The van der Waals surface area contributed by atoms with Gasteiger partial charge in [0.2, 0.25) is 0 Å². The van der Waals surface area contributed by atoms with E-state index in [0.29, 0.717) is 24.4 Å². The van der Waals surface area contributed by atoms with Crippen LogP contribution < -0.4 is 4.90 Å². The van der Waals surface area contributed by atoms with Gasteiger partial charge in [-0.15, -0.1) is 0 Å². The lowest BCUT2D eigenvalue weighted by molar-refractivity contribution is -0.103. The molecule has 0 aliphatic carbocycles. The van der Waals surface area contributed by atoms with E-state index in [1.54, 1.807) is 12.1 Å². The molecule has 2 fully saturated rings. The Hall–Kier alpha value is -2.09. The van der Waals surface area contributed by atoms with E-state index in [1.165, 1.54) is 21.9 Å². The Labute approximate surface area is 156 Å². The molecule has 1 aromatic carbocycles. The lowest BCUT2D eigenvalue weighted by atomic mass is 9.80. The molecule has 3 aliphatic rings. The van der Waals surface area contributed by atoms with Gasteiger partial charge in [0.15, 0.2) is 0 Å². The minimum absolute atomic E-state index is 0.151. The van der Waals surface area contributed by atoms with Crippen molar-refractivity contribution < 1.29 is 18.0 Å². The van der Waals surface area contributed by atoms with Gasteiger partial charge in [-0.05, 0) is 44.5 Å². The zero-order valence-electron chi connectivity index (χ0n) is 15.5. The summed E-state index contributed by atoms with van der Waals surface area (Å²) in [5.74, 6) is -2.79. The van der Waals surface area contributed by atoms with Crippen molar-refractivity contribution in [2.24, 2.45) is 4.99 Å². The fourth-order valence-electron chi connectivity index (χ4n) is 4.67. The Morgan fingerprint density at radius 2 is 2.04 bits per heavy atom. The van der Waals surface area contributed by atoms with Crippen molar-refractivity contribution in [1.29, 1.82) is 0 Å². The number of carbonyl (C=O) groups excluding carboxylic acids is 1. The number of benzene rings is 1. The van der Waals surface area contributed by atoms with E-state index in [1.807, 2.05) is 0 Å². The van der Waals surface area contributed by atoms with Gasteiger partial charge in [0.05, 0.1) is 13.1 Å². The third kappa shape index (κ3) is 2.90. The third-order valence-electron chi connectivity index (χ3n) is 5.92. The van der Waals surface area contributed by atoms with Gasteiger partial charge >= 0.3 is 6.03 Å². The summed E-state index contributed by atoms with van der Waals surface area (Å²) in [5.41, 5.74) is -0.393. The lowest BCUT2D eigenvalue weighted by Crippen LogP contribution is -2.68. The van der Waals surface area contributed by atoms with E-state index < -0.39 is 36.4 Å². The summed E-state index contributed by atoms with van der Waals surface area (Å²) in [6.45, 7) is 4.88. The zero-order chi connectivity index (χ0) is 19.4. The molecule has 5 nitrogen and oxygen atoms in total. The number of anilines is 1. The highest BCUT2D eigenvalue weighted by molar-refractivity contribution is 6.16. The monoisotopic (exact) mass is 380 g/mol. The SMILES string of the molecule is CCN1CC[C@@]2(C[C@@H]1C)C(N1CC(F)(F)C1)=NC(=O)N2c1cccc(F)c1. The topological polar surface area (TPSA) is 39.1 Å². The second kappa shape index (κ2) is 6.22. The van der Waals surface area contributed by atoms with Gasteiger partial charge in [-0.1, -0.05) is 13.0 Å². The Balaban J connectivity index is 1.74. The molecule has 0 saturated carbocycles. The molecule has 2 amide bonds. The maximum absolute atomic E-state index is 13.8. The number of aliphatic imine (C=N–C) groups is 1. The summed E-state index contributed by atoms with van der Waals surface area (Å²) >= 11 is 0. The van der Waals surface area contributed by atoms with E-state index in [9.17, 15) is 18.0 Å². The Morgan fingerprint density at radius 1 is 1.30 bits per heavy atom. The number of hydrogen-bond acceptors (Lipinski definition) is 3. The maximum atomic E-state index is 13.8. The molecule has 0 radical (unpaired) electrons. The predicted octanol–water partition coefficient (Wildman–Crippen LogP) is 3.36. The van der Waals surface area contributed by atoms with E-state index in [2.05, 4.69) is 23.7 Å². The Morgan fingerprint density at radius 3 is 2.63 bits per heavy atom. The third-order valence-corrected chi connectivity index (χ3v) is 5.92. The zero-order valence-corrected chi connectivity index (χ0v) is 15.5. The number of alkyl halides is 2. The second-order valence-electron chi connectivity index (χ2n) is 7.71. The molecule has 0 N–H and O–H groups in total. The van der Waals surface area contributed by atoms with Gasteiger partial charge in [-0.3, -0.25) is 4.90 Å². The minimum atomic E-state index is -2.76. The number of amidine groups is 1. The van der Waals surface area contributed by atoms with Gasteiger partial charge in [-0.2, -0.15) is 4.99 Å². The van der Waals surface area contributed by atoms with Crippen molar-refractivity contribution in [2.45, 2.75) is 44.2 Å². The number of rotatable bonds is 2. The second-order valence-corrected chi connectivity index (χ2v) is 7.71. The first-order chi connectivity index (χ1) is 12.8. The predicted molar refractivity (Wildman–Crippen MR) is 96.9 cm³/mol. The maximum Gasteiger partial charge on any atom is 0.350 e. The van der Waals surface area contributed by atoms with E-state index >= 15 is 0 Å². The number of likely N-dealkylation sites (tertiary alicyclic amines) is 2. The number of piperidine rings is 1. The molecule has 3 aliphatic heterocycles. The highest BCUT2D eigenvalue weighted by Gasteiger charge is 2.58. The van der Waals surface area contributed by atoms with Gasteiger partial charge in [-0.25, -0.2) is 18.0 Å². The number of nitrogens with zero attached hydrogens (tertiary/aromatic N) is 4. The van der Waals surface area contributed by atoms with Crippen LogP contribution >= 0.6 is 0 Å². The van der Waals surface area contributed by atoms with Crippen LogP contribution in [0, 0.1) is 5.82 Å². The molecule has 2 saturated heterocycles. The van der Waals surface area contributed by atoms with Crippen LogP contribution in [0.15, 0.2) is 29.3 Å². The fourth-order valence-corrected chi connectivity index (χ4v) is 4.67. The van der Waals surface area contributed by atoms with E-state index in [-0.39, 0.29) is 6.04 Å². The minimum Gasteiger partial charge on any atom is -0.346 e.